The van der Waals surface area contributed by atoms with Crippen molar-refractivity contribution in [1.29, 1.82) is 0 Å². The quantitative estimate of drug-likeness (QED) is 0.540. The highest BCUT2D eigenvalue weighted by atomic mass is 32.2. The topological polar surface area (TPSA) is 148 Å². The minimum Gasteiger partial charge on any atom is -0.394 e. The highest BCUT2D eigenvalue weighted by Crippen LogP contribution is 2.33. The molecule has 28 heavy (non-hydrogen) atoms. The van der Waals surface area contributed by atoms with E-state index < -0.39 is 52.5 Å². The van der Waals surface area contributed by atoms with Crippen LogP contribution in [-0.4, -0.2) is 53.1 Å². The van der Waals surface area contributed by atoms with Crippen LogP contribution in [0.4, 0.5) is 0 Å². The van der Waals surface area contributed by atoms with Gasteiger partial charge in [0.15, 0.2) is 12.3 Å². The van der Waals surface area contributed by atoms with Gasteiger partial charge in [0.2, 0.25) is 0 Å². The Morgan fingerprint density at radius 2 is 1.86 bits per heavy atom. The normalized spacial score (nSPS) is 25.1. The van der Waals surface area contributed by atoms with E-state index in [0.29, 0.717) is 0 Å². The van der Waals surface area contributed by atoms with Gasteiger partial charge in [-0.1, -0.05) is 17.7 Å². The number of hydrogen-bond donors (Lipinski definition) is 3. The molecule has 1 aromatic heterocycles. The van der Waals surface area contributed by atoms with Gasteiger partial charge < -0.3 is 14.9 Å². The molecule has 1 aliphatic rings. The third kappa shape index (κ3) is 3.80. The fourth-order valence-electron chi connectivity index (χ4n) is 2.88. The summed E-state index contributed by atoms with van der Waals surface area (Å²) < 4.78 is 36.8. The summed E-state index contributed by atoms with van der Waals surface area (Å²) in [6, 6.07) is 5.87. The van der Waals surface area contributed by atoms with Gasteiger partial charge >= 0.3 is 5.69 Å². The van der Waals surface area contributed by atoms with E-state index in [1.165, 1.54) is 25.3 Å². The third-order valence-corrected chi connectivity index (χ3v) is 5.79. The van der Waals surface area contributed by atoms with Crippen LogP contribution in [0, 0.1) is 13.8 Å². The van der Waals surface area contributed by atoms with Crippen molar-refractivity contribution in [1.82, 2.24) is 9.55 Å². The zero-order valence-corrected chi connectivity index (χ0v) is 15.9. The van der Waals surface area contributed by atoms with Crippen molar-refractivity contribution in [3.05, 3.63) is 62.4 Å². The van der Waals surface area contributed by atoms with Crippen LogP contribution in [0.2, 0.25) is 0 Å². The Hall–Kier alpha value is -2.31. The molecule has 0 spiro atoms. The molecule has 10 nitrogen and oxygen atoms in total. The van der Waals surface area contributed by atoms with Crippen LogP contribution >= 0.6 is 0 Å². The van der Waals surface area contributed by atoms with Gasteiger partial charge in [-0.15, -0.1) is 0 Å². The average Bonchev–Trinajstić information content (AvgIpc) is 2.94. The number of aliphatic hydroxyl groups is 2. The molecule has 4 atom stereocenters. The molecule has 3 N–H and O–H groups in total. The Labute approximate surface area is 160 Å². The molecule has 152 valence electrons. The lowest BCUT2D eigenvalue weighted by Crippen LogP contribution is -2.41. The van der Waals surface area contributed by atoms with Crippen molar-refractivity contribution in [3.63, 3.8) is 0 Å². The smallest absolute Gasteiger partial charge is 0.330 e. The molecule has 0 saturated carbocycles. The Morgan fingerprint density at radius 3 is 2.46 bits per heavy atom. The van der Waals surface area contributed by atoms with Crippen molar-refractivity contribution in [2.75, 3.05) is 6.61 Å². The molecule has 0 amide bonds. The lowest BCUT2D eigenvalue weighted by atomic mass is 10.1. The number of nitrogens with one attached hydrogen (secondary N) is 1. The lowest BCUT2D eigenvalue weighted by molar-refractivity contribution is -0.0520. The van der Waals surface area contributed by atoms with E-state index in [0.717, 1.165) is 10.1 Å². The molecule has 11 heteroatoms. The van der Waals surface area contributed by atoms with Crippen LogP contribution in [0.1, 0.15) is 17.4 Å². The van der Waals surface area contributed by atoms with E-state index >= 15 is 0 Å². The second kappa shape index (κ2) is 7.60. The molecule has 2 aromatic rings. The Morgan fingerprint density at radius 1 is 1.21 bits per heavy atom. The zero-order valence-electron chi connectivity index (χ0n) is 15.1. The number of hydrogen-bond acceptors (Lipinski definition) is 8. The van der Waals surface area contributed by atoms with Gasteiger partial charge in [-0.3, -0.25) is 18.5 Å². The number of H-pyrrole nitrogens is 1. The number of benzene rings is 1. The van der Waals surface area contributed by atoms with E-state index in [1.54, 1.807) is 19.1 Å². The molecule has 0 bridgehead atoms. The fourth-order valence-corrected chi connectivity index (χ4v) is 3.96. The summed E-state index contributed by atoms with van der Waals surface area (Å²) in [7, 11) is -4.31. The lowest BCUT2D eigenvalue weighted by Gasteiger charge is -2.22. The predicted octanol–water partition coefficient (Wildman–Crippen LogP) is -0.822. The SMILES string of the molecule is Cc1ccc(S(=O)(=O)O[C@@H]2[C@H](O)[C@@H](CO)O[C@H]2n2cc(C)c(=O)[nH]c2=O)cc1. The maximum absolute atomic E-state index is 12.6. The maximum Gasteiger partial charge on any atom is 0.330 e. The van der Waals surface area contributed by atoms with E-state index in [1.807, 2.05) is 0 Å². The molecule has 3 rings (SSSR count). The number of aliphatic hydroxyl groups excluding tert-OH is 2. The standard InChI is InChI=1S/C17H20N2O8S/c1-9-3-5-11(6-4-9)28(24,25)27-14-13(21)12(8-20)26-16(14)19-7-10(2)15(22)18-17(19)23/h3-7,12-14,16,20-21H,8H2,1-2H3,(H,18,22,23)/t12-,13-,14-,16-/m1/s1. The van der Waals surface area contributed by atoms with Gasteiger partial charge in [-0.25, -0.2) is 4.79 Å². The first-order chi connectivity index (χ1) is 13.1. The molecule has 0 aliphatic carbocycles. The summed E-state index contributed by atoms with van der Waals surface area (Å²) in [5, 5.41) is 19.8. The number of nitrogens with zero attached hydrogens (tertiary/aromatic N) is 1. The molecular weight excluding hydrogens is 392 g/mol. The van der Waals surface area contributed by atoms with Crippen LogP contribution < -0.4 is 11.2 Å². The molecular formula is C17H20N2O8S. The zero-order chi connectivity index (χ0) is 20.6. The summed E-state index contributed by atoms with van der Waals surface area (Å²) in [5.74, 6) is 0. The van der Waals surface area contributed by atoms with E-state index in [4.69, 9.17) is 8.92 Å². The monoisotopic (exact) mass is 412 g/mol. The van der Waals surface area contributed by atoms with Crippen LogP contribution in [0.25, 0.3) is 0 Å². The van der Waals surface area contributed by atoms with E-state index in [2.05, 4.69) is 4.98 Å². The molecule has 0 radical (unpaired) electrons. The van der Waals surface area contributed by atoms with Crippen LogP contribution in [0.15, 0.2) is 44.9 Å². The Bertz CT molecular complexity index is 1070. The van der Waals surface area contributed by atoms with Gasteiger partial charge in [0.25, 0.3) is 15.7 Å². The fraction of sp³-hybridized carbons (Fsp3) is 0.412. The van der Waals surface area contributed by atoms with Crippen LogP contribution in [0.3, 0.4) is 0 Å². The third-order valence-electron chi connectivity index (χ3n) is 4.46. The van der Waals surface area contributed by atoms with Crippen molar-refractivity contribution >= 4 is 10.1 Å². The first-order valence-corrected chi connectivity index (χ1v) is 9.81. The molecule has 1 aliphatic heterocycles. The first-order valence-electron chi connectivity index (χ1n) is 8.40. The second-order valence-corrected chi connectivity index (χ2v) is 8.12. The number of ether oxygens (including phenoxy) is 1. The minimum atomic E-state index is -4.31. The van der Waals surface area contributed by atoms with Crippen molar-refractivity contribution in [2.24, 2.45) is 0 Å². The summed E-state index contributed by atoms with van der Waals surface area (Å²) in [5.41, 5.74) is -0.460. The summed E-state index contributed by atoms with van der Waals surface area (Å²) in [4.78, 5) is 25.7. The molecule has 0 unspecified atom stereocenters. The Kier molecular flexibility index (Phi) is 5.55. The van der Waals surface area contributed by atoms with Gasteiger partial charge in [-0.2, -0.15) is 8.42 Å². The largest absolute Gasteiger partial charge is 0.394 e. The van der Waals surface area contributed by atoms with Crippen molar-refractivity contribution in [2.45, 2.75) is 43.3 Å². The first kappa shape index (κ1) is 20.4. The highest BCUT2D eigenvalue weighted by molar-refractivity contribution is 7.86. The van der Waals surface area contributed by atoms with Gasteiger partial charge in [0, 0.05) is 11.8 Å². The highest BCUT2D eigenvalue weighted by Gasteiger charge is 2.48. The predicted molar refractivity (Wildman–Crippen MR) is 96.3 cm³/mol. The van der Waals surface area contributed by atoms with Gasteiger partial charge in [-0.05, 0) is 26.0 Å². The number of aromatic amines is 1. The number of aryl methyl sites for hydroxylation is 2. The van der Waals surface area contributed by atoms with Crippen LogP contribution in [0.5, 0.6) is 0 Å². The van der Waals surface area contributed by atoms with Crippen molar-refractivity contribution < 1.29 is 27.6 Å². The summed E-state index contributed by atoms with van der Waals surface area (Å²) in [6.07, 6.45) is -4.44. The maximum atomic E-state index is 12.6. The Balaban J connectivity index is 2.01. The summed E-state index contributed by atoms with van der Waals surface area (Å²) in [6.45, 7) is 2.61. The molecule has 2 heterocycles. The van der Waals surface area contributed by atoms with E-state index in [-0.39, 0.29) is 10.5 Å². The molecule has 1 saturated heterocycles. The van der Waals surface area contributed by atoms with Gasteiger partial charge in [0.1, 0.15) is 12.2 Å². The van der Waals surface area contributed by atoms with Gasteiger partial charge in [0.05, 0.1) is 11.5 Å². The van der Waals surface area contributed by atoms with E-state index in [9.17, 15) is 28.2 Å². The summed E-state index contributed by atoms with van der Waals surface area (Å²) >= 11 is 0. The second-order valence-electron chi connectivity index (χ2n) is 6.54. The molecule has 1 fully saturated rings. The van der Waals surface area contributed by atoms with Crippen molar-refractivity contribution in [3.8, 4) is 0 Å². The number of aromatic nitrogens is 2. The van der Waals surface area contributed by atoms with Crippen LogP contribution in [-0.2, 0) is 19.0 Å². The number of rotatable bonds is 5. The minimum absolute atomic E-state index is 0.138. The average molecular weight is 412 g/mol. The molecule has 1 aromatic carbocycles.